The van der Waals surface area contributed by atoms with Crippen LogP contribution in [0.3, 0.4) is 0 Å². The molecule has 1 atom stereocenters. The fourth-order valence-electron chi connectivity index (χ4n) is 2.74. The van der Waals surface area contributed by atoms with E-state index < -0.39 is 12.0 Å². The van der Waals surface area contributed by atoms with E-state index in [0.717, 1.165) is 18.4 Å². The molecule has 146 valence electrons. The number of ether oxygens (including phenoxy) is 3. The lowest BCUT2D eigenvalue weighted by atomic mass is 9.95. The van der Waals surface area contributed by atoms with Crippen molar-refractivity contribution in [2.45, 2.75) is 32.7 Å². The molecule has 0 saturated carbocycles. The maximum absolute atomic E-state index is 12.5. The molecule has 1 heterocycles. The normalized spacial score (nSPS) is 16.3. The second-order valence-corrected chi connectivity index (χ2v) is 6.48. The average Bonchev–Trinajstić information content (AvgIpc) is 2.65. The summed E-state index contributed by atoms with van der Waals surface area (Å²) in [5, 5.41) is 6.56. The van der Waals surface area contributed by atoms with Gasteiger partial charge < -0.3 is 24.8 Å². The van der Waals surface area contributed by atoms with E-state index in [1.165, 1.54) is 6.08 Å². The lowest BCUT2D eigenvalue weighted by molar-refractivity contribution is -0.138. The second kappa shape index (κ2) is 9.97. The first-order chi connectivity index (χ1) is 13.0. The van der Waals surface area contributed by atoms with Crippen LogP contribution in [-0.4, -0.2) is 31.4 Å². The number of methoxy groups -OCH3 is 1. The van der Waals surface area contributed by atoms with Gasteiger partial charge in [-0.25, -0.2) is 4.79 Å². The van der Waals surface area contributed by atoms with Crippen molar-refractivity contribution in [1.29, 1.82) is 0 Å². The van der Waals surface area contributed by atoms with Crippen molar-refractivity contribution in [2.24, 2.45) is 0 Å². The van der Waals surface area contributed by atoms with Crippen LogP contribution in [0, 0.1) is 0 Å². The molecule has 0 radical (unpaired) electrons. The molecule has 7 heteroatoms. The van der Waals surface area contributed by atoms with Gasteiger partial charge in [-0.3, -0.25) is 0 Å². The first kappa shape index (κ1) is 20.8. The minimum atomic E-state index is -0.449. The van der Waals surface area contributed by atoms with Crippen molar-refractivity contribution in [3.05, 3.63) is 47.7 Å². The Morgan fingerprint density at radius 3 is 2.81 bits per heavy atom. The van der Waals surface area contributed by atoms with Crippen LogP contribution in [0.4, 0.5) is 0 Å². The molecule has 0 spiro atoms. The molecule has 0 bridgehead atoms. The first-order valence-corrected chi connectivity index (χ1v) is 9.29. The van der Waals surface area contributed by atoms with Crippen LogP contribution < -0.4 is 20.1 Å². The van der Waals surface area contributed by atoms with E-state index in [2.05, 4.69) is 24.1 Å². The SMILES string of the molecule is C=CCOC(=O)C1=C(C)NC(=S)NC1c1ccc(OCCCC)c(OC)c1. The number of carbonyl (C=O) groups is 1. The topological polar surface area (TPSA) is 68.8 Å². The fraction of sp³-hybridized carbons (Fsp3) is 0.400. The number of rotatable bonds is 9. The monoisotopic (exact) mass is 390 g/mol. The predicted molar refractivity (Wildman–Crippen MR) is 109 cm³/mol. The quantitative estimate of drug-likeness (QED) is 0.290. The van der Waals surface area contributed by atoms with E-state index in [4.69, 9.17) is 26.4 Å². The summed E-state index contributed by atoms with van der Waals surface area (Å²) in [6.07, 6.45) is 3.55. The van der Waals surface area contributed by atoms with Gasteiger partial charge in [-0.2, -0.15) is 0 Å². The summed E-state index contributed by atoms with van der Waals surface area (Å²) in [6.45, 7) is 8.24. The molecule has 2 rings (SSSR count). The van der Waals surface area contributed by atoms with E-state index in [9.17, 15) is 4.79 Å². The third kappa shape index (κ3) is 5.23. The number of carbonyl (C=O) groups excluding carboxylic acids is 1. The van der Waals surface area contributed by atoms with Crippen LogP contribution in [0.25, 0.3) is 0 Å². The molecule has 2 N–H and O–H groups in total. The van der Waals surface area contributed by atoms with Gasteiger partial charge in [0.25, 0.3) is 0 Å². The minimum Gasteiger partial charge on any atom is -0.493 e. The molecule has 1 aliphatic rings. The number of allylic oxidation sites excluding steroid dienone is 1. The Morgan fingerprint density at radius 2 is 2.15 bits per heavy atom. The Hall–Kier alpha value is -2.54. The molecule has 0 aliphatic carbocycles. The number of thiocarbonyl (C=S) groups is 1. The van der Waals surface area contributed by atoms with Crippen LogP contribution in [-0.2, 0) is 9.53 Å². The molecule has 0 saturated heterocycles. The number of unbranched alkanes of at least 4 members (excludes halogenated alkanes) is 1. The highest BCUT2D eigenvalue weighted by Crippen LogP contribution is 2.34. The summed E-state index contributed by atoms with van der Waals surface area (Å²) >= 11 is 5.26. The van der Waals surface area contributed by atoms with Crippen LogP contribution >= 0.6 is 12.2 Å². The van der Waals surface area contributed by atoms with Crippen molar-refractivity contribution in [3.63, 3.8) is 0 Å². The van der Waals surface area contributed by atoms with Crippen LogP contribution in [0.2, 0.25) is 0 Å². The fourth-order valence-corrected chi connectivity index (χ4v) is 3.01. The molecule has 0 fully saturated rings. The van der Waals surface area contributed by atoms with Gasteiger partial charge in [0, 0.05) is 5.70 Å². The highest BCUT2D eigenvalue weighted by atomic mass is 32.1. The molecule has 0 aromatic heterocycles. The zero-order valence-corrected chi connectivity index (χ0v) is 16.8. The minimum absolute atomic E-state index is 0.139. The summed E-state index contributed by atoms with van der Waals surface area (Å²) in [6, 6.07) is 5.14. The summed E-state index contributed by atoms with van der Waals surface area (Å²) < 4.78 is 16.5. The largest absolute Gasteiger partial charge is 0.493 e. The van der Waals surface area contributed by atoms with Crippen LogP contribution in [0.5, 0.6) is 11.5 Å². The lowest BCUT2D eigenvalue weighted by Crippen LogP contribution is -2.45. The van der Waals surface area contributed by atoms with E-state index in [0.29, 0.717) is 34.5 Å². The van der Waals surface area contributed by atoms with E-state index in [-0.39, 0.29) is 6.61 Å². The van der Waals surface area contributed by atoms with Crippen molar-refractivity contribution >= 4 is 23.3 Å². The summed E-state index contributed by atoms with van der Waals surface area (Å²) in [7, 11) is 1.59. The number of hydrogen-bond donors (Lipinski definition) is 2. The van der Waals surface area contributed by atoms with Gasteiger partial charge in [0.15, 0.2) is 16.6 Å². The maximum atomic E-state index is 12.5. The lowest BCUT2D eigenvalue weighted by Gasteiger charge is -2.30. The standard InChI is InChI=1S/C20H26N2O4S/c1-5-7-11-25-15-9-8-14(12-16(15)24-4)18-17(19(23)26-10-6-2)13(3)21-20(27)22-18/h6,8-9,12,18H,2,5,7,10-11H2,1,3-4H3,(H2,21,22,27). The molecule has 1 aliphatic heterocycles. The Labute approximate surface area is 165 Å². The van der Waals surface area contributed by atoms with Gasteiger partial charge in [-0.05, 0) is 43.3 Å². The molecule has 0 amide bonds. The third-order valence-corrected chi connectivity index (χ3v) is 4.32. The van der Waals surface area contributed by atoms with Gasteiger partial charge in [0.2, 0.25) is 0 Å². The molecule has 6 nitrogen and oxygen atoms in total. The Balaban J connectivity index is 2.34. The van der Waals surface area contributed by atoms with Crippen molar-refractivity contribution in [3.8, 4) is 11.5 Å². The molecule has 1 aromatic carbocycles. The number of nitrogens with one attached hydrogen (secondary N) is 2. The molecular formula is C20H26N2O4S. The van der Waals surface area contributed by atoms with Gasteiger partial charge in [0.1, 0.15) is 6.61 Å². The third-order valence-electron chi connectivity index (χ3n) is 4.10. The maximum Gasteiger partial charge on any atom is 0.338 e. The van der Waals surface area contributed by atoms with Gasteiger partial charge in [0.05, 0.1) is 25.3 Å². The van der Waals surface area contributed by atoms with Gasteiger partial charge in [-0.1, -0.05) is 32.1 Å². The van der Waals surface area contributed by atoms with Crippen LogP contribution in [0.1, 0.15) is 38.3 Å². The molecular weight excluding hydrogens is 364 g/mol. The van der Waals surface area contributed by atoms with Gasteiger partial charge >= 0.3 is 5.97 Å². The molecule has 27 heavy (non-hydrogen) atoms. The smallest absolute Gasteiger partial charge is 0.338 e. The summed E-state index contributed by atoms with van der Waals surface area (Å²) in [5.74, 6) is 0.844. The number of hydrogen-bond acceptors (Lipinski definition) is 5. The molecule has 1 aromatic rings. The Bertz CT molecular complexity index is 745. The Morgan fingerprint density at radius 1 is 1.37 bits per heavy atom. The number of benzene rings is 1. The zero-order valence-electron chi connectivity index (χ0n) is 16.0. The Kier molecular flexibility index (Phi) is 7.67. The second-order valence-electron chi connectivity index (χ2n) is 6.07. The van der Waals surface area contributed by atoms with Crippen LogP contribution in [0.15, 0.2) is 42.1 Å². The molecule has 1 unspecified atom stereocenters. The highest BCUT2D eigenvalue weighted by Gasteiger charge is 2.31. The average molecular weight is 391 g/mol. The van der Waals surface area contributed by atoms with Gasteiger partial charge in [-0.15, -0.1) is 0 Å². The van der Waals surface area contributed by atoms with Crippen molar-refractivity contribution < 1.29 is 19.0 Å². The summed E-state index contributed by atoms with van der Waals surface area (Å²) in [5.41, 5.74) is 1.94. The first-order valence-electron chi connectivity index (χ1n) is 8.88. The van der Waals surface area contributed by atoms with E-state index >= 15 is 0 Å². The van der Waals surface area contributed by atoms with Crippen molar-refractivity contribution in [1.82, 2.24) is 10.6 Å². The van der Waals surface area contributed by atoms with Crippen molar-refractivity contribution in [2.75, 3.05) is 20.3 Å². The zero-order chi connectivity index (χ0) is 19.8. The number of esters is 1. The van der Waals surface area contributed by atoms with E-state index in [1.807, 2.05) is 18.2 Å². The predicted octanol–water partition coefficient (Wildman–Crippen LogP) is 3.40. The highest BCUT2D eigenvalue weighted by molar-refractivity contribution is 7.80. The summed E-state index contributed by atoms with van der Waals surface area (Å²) in [4.78, 5) is 12.5. The van der Waals surface area contributed by atoms with E-state index in [1.54, 1.807) is 14.0 Å².